The van der Waals surface area contributed by atoms with Crippen LogP contribution in [0.1, 0.15) is 25.8 Å². The second-order valence-electron chi connectivity index (χ2n) is 6.73. The maximum absolute atomic E-state index is 12.5. The van der Waals surface area contributed by atoms with Crippen molar-refractivity contribution in [3.8, 4) is 11.5 Å². The zero-order valence-electron chi connectivity index (χ0n) is 15.6. The summed E-state index contributed by atoms with van der Waals surface area (Å²) in [5.41, 5.74) is 0.890. The van der Waals surface area contributed by atoms with E-state index >= 15 is 0 Å². The lowest BCUT2D eigenvalue weighted by atomic mass is 10.1. The van der Waals surface area contributed by atoms with Gasteiger partial charge in [0, 0.05) is 32.6 Å². The van der Waals surface area contributed by atoms with Gasteiger partial charge in [0.1, 0.15) is 0 Å². The number of benzene rings is 1. The first-order valence-corrected chi connectivity index (χ1v) is 8.71. The molecular formula is C19H28N2O4. The quantitative estimate of drug-likeness (QED) is 0.789. The molecule has 0 spiro atoms. The van der Waals surface area contributed by atoms with Crippen LogP contribution < -0.4 is 9.47 Å². The summed E-state index contributed by atoms with van der Waals surface area (Å²) < 4.78 is 10.5. The number of rotatable bonds is 6. The molecule has 0 N–H and O–H groups in total. The van der Waals surface area contributed by atoms with E-state index in [2.05, 4.69) is 0 Å². The molecule has 25 heavy (non-hydrogen) atoms. The van der Waals surface area contributed by atoms with Crippen molar-refractivity contribution in [3.05, 3.63) is 23.8 Å². The van der Waals surface area contributed by atoms with Gasteiger partial charge in [0.15, 0.2) is 11.5 Å². The van der Waals surface area contributed by atoms with E-state index in [0.29, 0.717) is 56.4 Å². The minimum absolute atomic E-state index is 0.0724. The van der Waals surface area contributed by atoms with E-state index in [0.717, 1.165) is 5.56 Å². The Hall–Kier alpha value is -2.24. The van der Waals surface area contributed by atoms with Gasteiger partial charge in [-0.2, -0.15) is 0 Å². The number of carbonyl (C=O) groups excluding carboxylic acids is 2. The molecule has 0 radical (unpaired) electrons. The van der Waals surface area contributed by atoms with Crippen LogP contribution in [0.3, 0.4) is 0 Å². The highest BCUT2D eigenvalue weighted by atomic mass is 16.5. The Kier molecular flexibility index (Phi) is 6.67. The van der Waals surface area contributed by atoms with Crippen molar-refractivity contribution < 1.29 is 19.1 Å². The van der Waals surface area contributed by atoms with Gasteiger partial charge in [-0.15, -0.1) is 0 Å². The van der Waals surface area contributed by atoms with Crippen LogP contribution >= 0.6 is 0 Å². The summed E-state index contributed by atoms with van der Waals surface area (Å²) in [5.74, 6) is 1.88. The van der Waals surface area contributed by atoms with Crippen molar-refractivity contribution in [2.24, 2.45) is 5.92 Å². The first-order valence-electron chi connectivity index (χ1n) is 8.71. The van der Waals surface area contributed by atoms with Gasteiger partial charge < -0.3 is 19.3 Å². The maximum Gasteiger partial charge on any atom is 0.227 e. The average molecular weight is 348 g/mol. The van der Waals surface area contributed by atoms with E-state index in [1.165, 1.54) is 0 Å². The molecule has 0 bridgehead atoms. The highest BCUT2D eigenvalue weighted by molar-refractivity contribution is 5.80. The van der Waals surface area contributed by atoms with Crippen LogP contribution in [0.5, 0.6) is 11.5 Å². The second kappa shape index (κ2) is 8.74. The highest BCUT2D eigenvalue weighted by Gasteiger charge is 2.24. The van der Waals surface area contributed by atoms with Crippen molar-refractivity contribution in [1.29, 1.82) is 0 Å². The predicted molar refractivity (Wildman–Crippen MR) is 95.9 cm³/mol. The summed E-state index contributed by atoms with van der Waals surface area (Å²) in [4.78, 5) is 28.3. The van der Waals surface area contributed by atoms with Crippen molar-refractivity contribution >= 4 is 11.8 Å². The number of nitrogens with zero attached hydrogens (tertiary/aromatic N) is 2. The zero-order valence-corrected chi connectivity index (χ0v) is 15.6. The summed E-state index contributed by atoms with van der Waals surface area (Å²) in [6.07, 6.45) is 0.889. The first-order chi connectivity index (χ1) is 11.9. The fourth-order valence-corrected chi connectivity index (χ4v) is 2.96. The first kappa shape index (κ1) is 19.1. The van der Waals surface area contributed by atoms with Crippen LogP contribution in [0.25, 0.3) is 0 Å². The van der Waals surface area contributed by atoms with E-state index < -0.39 is 0 Å². The molecule has 1 aliphatic heterocycles. The van der Waals surface area contributed by atoms with Gasteiger partial charge in [-0.3, -0.25) is 9.59 Å². The topological polar surface area (TPSA) is 59.1 Å². The number of piperazine rings is 1. The van der Waals surface area contributed by atoms with Gasteiger partial charge in [0.05, 0.1) is 20.6 Å². The summed E-state index contributed by atoms with van der Waals surface area (Å²) in [6.45, 7) is 6.50. The number of methoxy groups -OCH3 is 2. The van der Waals surface area contributed by atoms with E-state index in [-0.39, 0.29) is 11.8 Å². The number of hydrogen-bond donors (Lipinski definition) is 0. The molecule has 1 aromatic rings. The third kappa shape index (κ3) is 5.11. The van der Waals surface area contributed by atoms with Crippen LogP contribution in [0.2, 0.25) is 0 Å². The molecular weight excluding hydrogens is 320 g/mol. The van der Waals surface area contributed by atoms with E-state index in [9.17, 15) is 9.59 Å². The maximum atomic E-state index is 12.5. The van der Waals surface area contributed by atoms with Crippen LogP contribution in [-0.4, -0.2) is 62.0 Å². The van der Waals surface area contributed by atoms with Crippen molar-refractivity contribution in [2.75, 3.05) is 40.4 Å². The molecule has 0 aliphatic carbocycles. The summed E-state index contributed by atoms with van der Waals surface area (Å²) in [6, 6.07) is 5.52. The van der Waals surface area contributed by atoms with Gasteiger partial charge in [0.2, 0.25) is 11.8 Å². The normalized spacial score (nSPS) is 14.6. The van der Waals surface area contributed by atoms with Gasteiger partial charge >= 0.3 is 0 Å². The number of hydrogen-bond acceptors (Lipinski definition) is 4. The SMILES string of the molecule is COc1ccc(CC(=O)N2CCN(C(=O)CC(C)C)CC2)cc1OC. The summed E-state index contributed by atoms with van der Waals surface area (Å²) in [5, 5.41) is 0. The van der Waals surface area contributed by atoms with Crippen LogP contribution in [0.4, 0.5) is 0 Å². The Balaban J connectivity index is 1.89. The molecule has 1 aliphatic rings. The van der Waals surface area contributed by atoms with E-state index in [1.807, 2.05) is 41.8 Å². The Labute approximate surface area is 149 Å². The third-order valence-corrected chi connectivity index (χ3v) is 4.37. The molecule has 2 amide bonds. The Morgan fingerprint density at radius 2 is 1.52 bits per heavy atom. The van der Waals surface area contributed by atoms with Gasteiger partial charge in [-0.25, -0.2) is 0 Å². The van der Waals surface area contributed by atoms with Crippen LogP contribution in [0, 0.1) is 5.92 Å². The molecule has 0 aromatic heterocycles. The summed E-state index contributed by atoms with van der Waals surface area (Å²) in [7, 11) is 3.17. The monoisotopic (exact) mass is 348 g/mol. The lowest BCUT2D eigenvalue weighted by Gasteiger charge is -2.35. The molecule has 138 valence electrons. The molecule has 0 saturated carbocycles. The largest absolute Gasteiger partial charge is 0.493 e. The standard InChI is InChI=1S/C19H28N2O4/c1-14(2)11-18(22)20-7-9-21(10-8-20)19(23)13-15-5-6-16(24-3)17(12-15)25-4/h5-6,12,14H,7-11,13H2,1-4H3. The number of ether oxygens (including phenoxy) is 2. The molecule has 1 aromatic carbocycles. The Bertz CT molecular complexity index is 607. The van der Waals surface area contributed by atoms with Gasteiger partial charge in [0.25, 0.3) is 0 Å². The minimum Gasteiger partial charge on any atom is -0.493 e. The molecule has 6 nitrogen and oxygen atoms in total. The Morgan fingerprint density at radius 1 is 0.960 bits per heavy atom. The van der Waals surface area contributed by atoms with Gasteiger partial charge in [-0.05, 0) is 23.6 Å². The molecule has 0 atom stereocenters. The van der Waals surface area contributed by atoms with Crippen LogP contribution in [0.15, 0.2) is 18.2 Å². The van der Waals surface area contributed by atoms with E-state index in [1.54, 1.807) is 14.2 Å². The number of amides is 2. The lowest BCUT2D eigenvalue weighted by molar-refractivity contribution is -0.139. The molecule has 0 unspecified atom stereocenters. The predicted octanol–water partition coefficient (Wildman–Crippen LogP) is 1.96. The van der Waals surface area contributed by atoms with Crippen molar-refractivity contribution in [3.63, 3.8) is 0 Å². The molecule has 1 fully saturated rings. The number of carbonyl (C=O) groups is 2. The highest BCUT2D eigenvalue weighted by Crippen LogP contribution is 2.27. The average Bonchev–Trinajstić information content (AvgIpc) is 2.61. The van der Waals surface area contributed by atoms with Crippen LogP contribution in [-0.2, 0) is 16.0 Å². The van der Waals surface area contributed by atoms with E-state index in [4.69, 9.17) is 9.47 Å². The van der Waals surface area contributed by atoms with Crippen molar-refractivity contribution in [2.45, 2.75) is 26.7 Å². The summed E-state index contributed by atoms with van der Waals surface area (Å²) >= 11 is 0. The Morgan fingerprint density at radius 3 is 2.04 bits per heavy atom. The fraction of sp³-hybridized carbons (Fsp3) is 0.579. The molecule has 1 saturated heterocycles. The minimum atomic E-state index is 0.0724. The fourth-order valence-electron chi connectivity index (χ4n) is 2.96. The molecule has 6 heteroatoms. The lowest BCUT2D eigenvalue weighted by Crippen LogP contribution is -2.51. The zero-order chi connectivity index (χ0) is 18.4. The second-order valence-corrected chi connectivity index (χ2v) is 6.73. The van der Waals surface area contributed by atoms with Gasteiger partial charge in [-0.1, -0.05) is 19.9 Å². The smallest absolute Gasteiger partial charge is 0.227 e. The molecule has 2 rings (SSSR count). The molecule has 1 heterocycles. The third-order valence-electron chi connectivity index (χ3n) is 4.37. The van der Waals surface area contributed by atoms with Crippen molar-refractivity contribution in [1.82, 2.24) is 9.80 Å².